The zero-order valence-corrected chi connectivity index (χ0v) is 22.0. The number of likely N-dealkylation sites (tertiary alicyclic amines) is 1. The Morgan fingerprint density at radius 2 is 1.67 bits per heavy atom. The van der Waals surface area contributed by atoms with Gasteiger partial charge >= 0.3 is 18.4 Å². The number of hydrogen-bond donors (Lipinski definition) is 0. The number of amides is 2. The summed E-state index contributed by atoms with van der Waals surface area (Å²) in [4.78, 5) is 16.3. The van der Waals surface area contributed by atoms with Gasteiger partial charge in [0.2, 0.25) is 0 Å². The predicted molar refractivity (Wildman–Crippen MR) is 129 cm³/mol. The van der Waals surface area contributed by atoms with E-state index in [1.54, 1.807) is 13.0 Å². The Morgan fingerprint density at radius 3 is 2.21 bits per heavy atom. The molecule has 3 atom stereocenters. The van der Waals surface area contributed by atoms with E-state index in [0.29, 0.717) is 49.3 Å². The molecule has 3 rings (SSSR count). The van der Waals surface area contributed by atoms with Gasteiger partial charge in [0, 0.05) is 20.7 Å². The van der Waals surface area contributed by atoms with Crippen molar-refractivity contribution in [1.82, 2.24) is 9.80 Å². The summed E-state index contributed by atoms with van der Waals surface area (Å²) in [7, 11) is 2.87. The van der Waals surface area contributed by atoms with Gasteiger partial charge < -0.3 is 19.3 Å². The molecule has 0 unspecified atom stereocenters. The molecule has 2 aromatic rings. The van der Waals surface area contributed by atoms with Crippen LogP contribution in [0.1, 0.15) is 59.7 Å². The van der Waals surface area contributed by atoms with Crippen molar-refractivity contribution in [2.75, 3.05) is 33.9 Å². The Labute approximate surface area is 222 Å². The van der Waals surface area contributed by atoms with Crippen LogP contribution < -0.4 is 0 Å². The summed E-state index contributed by atoms with van der Waals surface area (Å²) in [5.74, 6) is -0.450. The molecule has 1 saturated heterocycles. The predicted octanol–water partition coefficient (Wildman–Crippen LogP) is 7.15. The highest BCUT2D eigenvalue weighted by molar-refractivity contribution is 5.75. The second-order valence-corrected chi connectivity index (χ2v) is 9.63. The van der Waals surface area contributed by atoms with Gasteiger partial charge in [-0.2, -0.15) is 26.3 Å². The van der Waals surface area contributed by atoms with Crippen molar-refractivity contribution >= 4 is 6.03 Å². The first-order chi connectivity index (χ1) is 18.1. The van der Waals surface area contributed by atoms with E-state index in [2.05, 4.69) is 0 Å². The molecule has 0 N–H and O–H groups in total. The fourth-order valence-electron chi connectivity index (χ4n) is 4.73. The number of carbonyl (C=O) groups excluding carboxylic acids is 1. The Morgan fingerprint density at radius 1 is 1.05 bits per heavy atom. The molecule has 1 heterocycles. The van der Waals surface area contributed by atoms with Crippen LogP contribution in [0, 0.1) is 12.7 Å². The molecule has 2 amide bonds. The quantitative estimate of drug-likeness (QED) is 0.265. The van der Waals surface area contributed by atoms with Crippen LogP contribution in [0.3, 0.4) is 0 Å². The van der Waals surface area contributed by atoms with Gasteiger partial charge in [0.05, 0.1) is 42.5 Å². The van der Waals surface area contributed by atoms with E-state index in [4.69, 9.17) is 9.47 Å². The molecule has 1 aliphatic rings. The van der Waals surface area contributed by atoms with Crippen molar-refractivity contribution < 1.29 is 45.0 Å². The van der Waals surface area contributed by atoms with Crippen LogP contribution >= 0.6 is 0 Å². The third kappa shape index (κ3) is 7.42. The van der Waals surface area contributed by atoms with Crippen molar-refractivity contribution in [2.45, 2.75) is 57.2 Å². The average Bonchev–Trinajstić information content (AvgIpc) is 2.86. The molecular formula is C27H31F7N2O3. The molecular weight excluding hydrogens is 533 g/mol. The van der Waals surface area contributed by atoms with Crippen LogP contribution in [0.4, 0.5) is 35.5 Å². The fraction of sp³-hybridized carbons (Fsp3) is 0.519. The van der Waals surface area contributed by atoms with Gasteiger partial charge in [0.1, 0.15) is 5.82 Å². The summed E-state index contributed by atoms with van der Waals surface area (Å²) in [5.41, 5.74) is -1.94. The molecule has 1 aliphatic heterocycles. The molecule has 0 aromatic heterocycles. The Bertz CT molecular complexity index is 1120. The zero-order valence-electron chi connectivity index (χ0n) is 22.0. The first-order valence-corrected chi connectivity index (χ1v) is 12.3. The molecule has 0 spiro atoms. The van der Waals surface area contributed by atoms with Gasteiger partial charge in [-0.15, -0.1) is 0 Å². The minimum Gasteiger partial charge on any atom is -0.382 e. The number of urea groups is 1. The molecule has 2 aromatic carbocycles. The van der Waals surface area contributed by atoms with Crippen molar-refractivity contribution in [1.29, 1.82) is 0 Å². The number of nitrogens with zero attached hydrogens (tertiary/aromatic N) is 2. The van der Waals surface area contributed by atoms with Gasteiger partial charge in [0.25, 0.3) is 0 Å². The van der Waals surface area contributed by atoms with Crippen molar-refractivity contribution in [2.24, 2.45) is 0 Å². The second-order valence-electron chi connectivity index (χ2n) is 9.63. The normalized spacial score (nSPS) is 19.2. The average molecular weight is 565 g/mol. The number of ether oxygens (including phenoxy) is 2. The molecule has 12 heteroatoms. The third-order valence-electron chi connectivity index (χ3n) is 7.01. The van der Waals surface area contributed by atoms with E-state index < -0.39 is 47.4 Å². The summed E-state index contributed by atoms with van der Waals surface area (Å²) in [5, 5.41) is 0. The van der Waals surface area contributed by atoms with E-state index in [1.165, 1.54) is 38.1 Å². The smallest absolute Gasteiger partial charge is 0.382 e. The summed E-state index contributed by atoms with van der Waals surface area (Å²) < 4.78 is 105. The fourth-order valence-corrected chi connectivity index (χ4v) is 4.73. The number of rotatable bonds is 7. The zero-order chi connectivity index (χ0) is 29.1. The molecule has 5 nitrogen and oxygen atoms in total. The number of alkyl halides is 6. The lowest BCUT2D eigenvalue weighted by molar-refractivity contribution is -0.143. The summed E-state index contributed by atoms with van der Waals surface area (Å²) in [6, 6.07) is 3.22. The molecule has 0 aliphatic carbocycles. The Kier molecular flexibility index (Phi) is 9.53. The van der Waals surface area contributed by atoms with Crippen LogP contribution in [0.5, 0.6) is 0 Å². The minimum atomic E-state index is -5.01. The molecule has 0 saturated carbocycles. The maximum absolute atomic E-state index is 13.8. The number of piperidine rings is 1. The first kappa shape index (κ1) is 30.7. The molecule has 216 valence electrons. The highest BCUT2D eigenvalue weighted by Gasteiger charge is 2.39. The maximum atomic E-state index is 13.8. The topological polar surface area (TPSA) is 42.0 Å². The van der Waals surface area contributed by atoms with E-state index >= 15 is 0 Å². The summed E-state index contributed by atoms with van der Waals surface area (Å²) >= 11 is 0. The number of carbonyl (C=O) groups is 1. The van der Waals surface area contributed by atoms with Gasteiger partial charge in [-0.3, -0.25) is 0 Å². The van der Waals surface area contributed by atoms with Gasteiger partial charge in [0.15, 0.2) is 0 Å². The number of benzene rings is 2. The van der Waals surface area contributed by atoms with Crippen molar-refractivity contribution in [3.63, 3.8) is 0 Å². The second kappa shape index (κ2) is 12.1. The molecule has 1 fully saturated rings. The van der Waals surface area contributed by atoms with Crippen LogP contribution in [0.15, 0.2) is 36.4 Å². The Balaban J connectivity index is 1.93. The van der Waals surface area contributed by atoms with E-state index in [1.807, 2.05) is 0 Å². The first-order valence-electron chi connectivity index (χ1n) is 12.3. The van der Waals surface area contributed by atoms with Crippen LogP contribution in [0.25, 0.3) is 0 Å². The largest absolute Gasteiger partial charge is 0.416 e. The SMILES string of the molecule is COCCO[C@H]1CCN(C(=O)N(C)[C@@H](C)c2cc(C(F)(F)F)cc(C(F)(F)F)c2)[C@@H](c2ccc(F)cc2C)C1. The van der Waals surface area contributed by atoms with Gasteiger partial charge in [-0.1, -0.05) is 6.07 Å². The summed E-state index contributed by atoms with van der Waals surface area (Å²) in [6.07, 6.45) is -9.43. The monoisotopic (exact) mass is 564 g/mol. The number of hydrogen-bond acceptors (Lipinski definition) is 3. The highest BCUT2D eigenvalue weighted by atomic mass is 19.4. The van der Waals surface area contributed by atoms with E-state index in [0.717, 1.165) is 4.90 Å². The van der Waals surface area contributed by atoms with Crippen molar-refractivity contribution in [3.05, 3.63) is 70.0 Å². The van der Waals surface area contributed by atoms with Gasteiger partial charge in [-0.25, -0.2) is 9.18 Å². The Hall–Kier alpha value is -2.86. The third-order valence-corrected chi connectivity index (χ3v) is 7.01. The molecule has 0 radical (unpaired) electrons. The summed E-state index contributed by atoms with van der Waals surface area (Å²) in [6.45, 7) is 3.98. The lowest BCUT2D eigenvalue weighted by Gasteiger charge is -2.43. The van der Waals surface area contributed by atoms with Gasteiger partial charge in [-0.05, 0) is 73.7 Å². The molecule has 0 bridgehead atoms. The number of methoxy groups -OCH3 is 1. The lowest BCUT2D eigenvalue weighted by Crippen LogP contribution is -2.49. The number of aryl methyl sites for hydroxylation is 1. The van der Waals surface area contributed by atoms with Crippen LogP contribution in [-0.2, 0) is 21.8 Å². The number of halogens is 7. The highest BCUT2D eigenvalue weighted by Crippen LogP contribution is 2.39. The lowest BCUT2D eigenvalue weighted by atomic mass is 9.90. The van der Waals surface area contributed by atoms with Crippen molar-refractivity contribution in [3.8, 4) is 0 Å². The minimum absolute atomic E-state index is 0.0553. The van der Waals surface area contributed by atoms with E-state index in [-0.39, 0.29) is 24.3 Å². The van der Waals surface area contributed by atoms with Crippen LogP contribution in [-0.4, -0.2) is 55.9 Å². The van der Waals surface area contributed by atoms with Crippen LogP contribution in [0.2, 0.25) is 0 Å². The standard InChI is InChI=1S/C27H31F7N2O3/c1-16-11-21(28)5-6-23(16)24-15-22(39-10-9-38-4)7-8-36(24)25(37)35(3)17(2)18-12-19(26(29,30)31)14-20(13-18)27(32,33)34/h5-6,11-14,17,22,24H,7-10,15H2,1-4H3/t17-,22-,24+/m0/s1. The van der Waals surface area contributed by atoms with E-state index in [9.17, 15) is 35.5 Å². The maximum Gasteiger partial charge on any atom is 0.416 e. The molecule has 39 heavy (non-hydrogen) atoms.